The molecule has 0 aliphatic carbocycles. The first-order valence-corrected chi connectivity index (χ1v) is 14.8. The van der Waals surface area contributed by atoms with Crippen molar-refractivity contribution in [2.75, 3.05) is 0 Å². The Hall–Kier alpha value is 0.0683. The Morgan fingerprint density at radius 3 is 1.48 bits per heavy atom. The molecule has 4 rings (SSSR count). The van der Waals surface area contributed by atoms with Crippen LogP contribution in [0.15, 0.2) is 36.4 Å². The zero-order chi connectivity index (χ0) is 18.4. The van der Waals surface area contributed by atoms with Gasteiger partial charge in [0.15, 0.2) is 0 Å². The van der Waals surface area contributed by atoms with Gasteiger partial charge in [0.25, 0.3) is 0 Å². The molecular formula is C16H12Cl4N2PtS2. The number of nitrogens with zero attached hydrogens (tertiary/aromatic N) is 2. The van der Waals surface area contributed by atoms with Crippen LogP contribution < -0.4 is 0 Å². The summed E-state index contributed by atoms with van der Waals surface area (Å²) in [5, 5.41) is 3.68. The molecule has 9 heteroatoms. The molecule has 136 valence electrons. The molecule has 0 bridgehead atoms. The van der Waals surface area contributed by atoms with E-state index >= 15 is 0 Å². The molecule has 2 aromatic carbocycles. The van der Waals surface area contributed by atoms with E-state index in [1.807, 2.05) is 50.2 Å². The molecule has 0 aliphatic heterocycles. The second kappa shape index (κ2) is 10.4. The monoisotopic (exact) mass is 631 g/mol. The van der Waals surface area contributed by atoms with Crippen LogP contribution in [0, 0.1) is 13.8 Å². The Labute approximate surface area is 180 Å². The van der Waals surface area contributed by atoms with Crippen molar-refractivity contribution >= 4 is 85.1 Å². The van der Waals surface area contributed by atoms with Crippen molar-refractivity contribution in [3.05, 3.63) is 56.5 Å². The summed E-state index contributed by atoms with van der Waals surface area (Å²) in [6.07, 6.45) is 0. The maximum atomic E-state index is 5.79. The van der Waals surface area contributed by atoms with E-state index in [0.29, 0.717) is 0 Å². The summed E-state index contributed by atoms with van der Waals surface area (Å²) in [7, 11) is 9.75. The molecule has 25 heavy (non-hydrogen) atoms. The molecule has 4 aromatic rings. The topological polar surface area (TPSA) is 25.8 Å². The van der Waals surface area contributed by atoms with E-state index in [9.17, 15) is 0 Å². The van der Waals surface area contributed by atoms with Gasteiger partial charge < -0.3 is 0 Å². The number of hydrogen-bond acceptors (Lipinski definition) is 4. The second-order valence-corrected chi connectivity index (χ2v) is 11.4. The first kappa shape index (κ1) is 21.4. The van der Waals surface area contributed by atoms with Crippen LogP contribution in [0.5, 0.6) is 0 Å². The van der Waals surface area contributed by atoms with Crippen LogP contribution in [-0.2, 0) is 16.5 Å². The van der Waals surface area contributed by atoms with E-state index in [4.69, 9.17) is 42.0 Å². The number of thiazole rings is 2. The van der Waals surface area contributed by atoms with Gasteiger partial charge in [-0.15, -0.1) is 22.7 Å². The summed E-state index contributed by atoms with van der Waals surface area (Å²) in [4.78, 5) is 8.62. The van der Waals surface area contributed by atoms with Crippen molar-refractivity contribution in [3.63, 3.8) is 0 Å². The van der Waals surface area contributed by atoms with Crippen molar-refractivity contribution in [2.45, 2.75) is 13.8 Å². The normalized spacial score (nSPS) is 10.3. The van der Waals surface area contributed by atoms with Gasteiger partial charge in [-0.25, -0.2) is 9.97 Å². The van der Waals surface area contributed by atoms with Gasteiger partial charge in [0.1, 0.15) is 0 Å². The average molecular weight is 633 g/mol. The standard InChI is InChI=1S/2C8H6ClNS.2ClH.Pt/c2*1-5-10-7-4-6(9)2-3-8(7)11-5;;;/h2*2-4H,1H3;2*1H;/q;;;;+2/p-2. The van der Waals surface area contributed by atoms with E-state index < -0.39 is 16.5 Å². The summed E-state index contributed by atoms with van der Waals surface area (Å²) >= 11 is 14.5. The minimum atomic E-state index is -0.472. The zero-order valence-corrected chi connectivity index (χ0v) is 19.9. The third kappa shape index (κ3) is 6.62. The van der Waals surface area contributed by atoms with Crippen LogP contribution in [0.2, 0.25) is 10.0 Å². The van der Waals surface area contributed by atoms with Gasteiger partial charge in [0.05, 0.1) is 30.4 Å². The van der Waals surface area contributed by atoms with E-state index in [0.717, 1.165) is 31.1 Å². The molecule has 0 amide bonds. The molecule has 0 N–H and O–H groups in total. The van der Waals surface area contributed by atoms with Gasteiger partial charge in [-0.1, -0.05) is 23.2 Å². The van der Waals surface area contributed by atoms with Crippen LogP contribution in [0.3, 0.4) is 0 Å². The van der Waals surface area contributed by atoms with E-state index in [2.05, 4.69) is 9.97 Å². The van der Waals surface area contributed by atoms with Gasteiger partial charge in [-0.05, 0) is 50.2 Å². The Morgan fingerprint density at radius 1 is 0.760 bits per heavy atom. The summed E-state index contributed by atoms with van der Waals surface area (Å²) in [5.74, 6) is 0. The Balaban J connectivity index is 0.000000156. The number of hydrogen-bond donors (Lipinski definition) is 0. The molecule has 0 spiro atoms. The second-order valence-electron chi connectivity index (χ2n) is 4.74. The van der Waals surface area contributed by atoms with Crippen molar-refractivity contribution < 1.29 is 16.5 Å². The minimum absolute atomic E-state index is 0.472. The Kier molecular flexibility index (Phi) is 8.90. The fraction of sp³-hybridized carbons (Fsp3) is 0.125. The van der Waals surface area contributed by atoms with Gasteiger partial charge in [0, 0.05) is 10.0 Å². The third-order valence-electron chi connectivity index (χ3n) is 2.91. The molecule has 2 heterocycles. The quantitative estimate of drug-likeness (QED) is 0.197. The van der Waals surface area contributed by atoms with E-state index in [1.54, 1.807) is 22.7 Å². The number of fused-ring (bicyclic) bond motifs is 2. The molecule has 2 nitrogen and oxygen atoms in total. The fourth-order valence-corrected chi connectivity index (χ4v) is 3.98. The molecule has 0 atom stereocenters. The van der Waals surface area contributed by atoms with Crippen LogP contribution >= 0.6 is 64.7 Å². The zero-order valence-electron chi connectivity index (χ0n) is 13.0. The van der Waals surface area contributed by atoms with Crippen molar-refractivity contribution in [1.82, 2.24) is 9.97 Å². The van der Waals surface area contributed by atoms with Crippen molar-refractivity contribution in [2.24, 2.45) is 0 Å². The van der Waals surface area contributed by atoms with Gasteiger partial charge in [-0.3, -0.25) is 0 Å². The third-order valence-corrected chi connectivity index (χ3v) is 5.29. The molecule has 0 unspecified atom stereocenters. The predicted octanol–water partition coefficient (Wildman–Crippen LogP) is 7.89. The molecule has 0 fully saturated rings. The summed E-state index contributed by atoms with van der Waals surface area (Å²) in [6, 6.07) is 11.6. The van der Waals surface area contributed by atoms with E-state index in [-0.39, 0.29) is 0 Å². The molecule has 2 aromatic heterocycles. The molecule has 0 saturated heterocycles. The number of aryl methyl sites for hydroxylation is 2. The molecule has 0 saturated carbocycles. The van der Waals surface area contributed by atoms with Crippen LogP contribution in [0.1, 0.15) is 10.0 Å². The van der Waals surface area contributed by atoms with Gasteiger partial charge in [0.2, 0.25) is 0 Å². The van der Waals surface area contributed by atoms with Gasteiger partial charge in [-0.2, -0.15) is 0 Å². The number of halogens is 4. The van der Waals surface area contributed by atoms with Crippen LogP contribution in [0.4, 0.5) is 0 Å². The van der Waals surface area contributed by atoms with E-state index in [1.165, 1.54) is 9.40 Å². The SMILES string of the molecule is Cc1nc2cc(Cl)ccc2s1.Cc1nc2cc(Cl)ccc2s1.[Cl][Pt][Cl]. The average Bonchev–Trinajstić information content (AvgIpc) is 3.08. The van der Waals surface area contributed by atoms with Crippen LogP contribution in [-0.4, -0.2) is 9.97 Å². The maximum absolute atomic E-state index is 5.79. The predicted molar refractivity (Wildman–Crippen MR) is 110 cm³/mol. The Bertz CT molecular complexity index is 893. The number of aromatic nitrogens is 2. The van der Waals surface area contributed by atoms with Crippen molar-refractivity contribution in [1.29, 1.82) is 0 Å². The summed E-state index contributed by atoms with van der Waals surface area (Å²) < 4.78 is 2.40. The molecule has 0 aliphatic rings. The molecule has 0 radical (unpaired) electrons. The fourth-order valence-electron chi connectivity index (χ4n) is 2.03. The number of rotatable bonds is 0. The van der Waals surface area contributed by atoms with Crippen LogP contribution in [0.25, 0.3) is 20.4 Å². The first-order valence-electron chi connectivity index (χ1n) is 6.80. The molecular weight excluding hydrogens is 621 g/mol. The first-order chi connectivity index (χ1) is 11.9. The Morgan fingerprint density at radius 2 is 1.12 bits per heavy atom. The number of benzene rings is 2. The summed E-state index contributed by atoms with van der Waals surface area (Å²) in [5.41, 5.74) is 2.00. The van der Waals surface area contributed by atoms with Crippen molar-refractivity contribution in [3.8, 4) is 0 Å². The summed E-state index contributed by atoms with van der Waals surface area (Å²) in [6.45, 7) is 4.00. The van der Waals surface area contributed by atoms with Gasteiger partial charge >= 0.3 is 35.3 Å².